The highest BCUT2D eigenvalue weighted by Crippen LogP contribution is 2.76. The van der Waals surface area contributed by atoms with Crippen LogP contribution in [0.1, 0.15) is 226 Å². The molecule has 341 valence electrons. The average Bonchev–Trinajstić information content (AvgIpc) is 3.23. The Morgan fingerprint density at radius 3 is 0.785 bits per heavy atom. The summed E-state index contributed by atoms with van der Waals surface area (Å²) in [6, 6.07) is 8.86. The van der Waals surface area contributed by atoms with Gasteiger partial charge in [0.2, 0.25) is 0 Å². The first-order valence-electron chi connectivity index (χ1n) is 29.2. The van der Waals surface area contributed by atoms with Gasteiger partial charge in [0.1, 0.15) is 11.5 Å². The van der Waals surface area contributed by atoms with Crippen molar-refractivity contribution in [3.05, 3.63) is 64.1 Å². The Morgan fingerprint density at radius 2 is 0.538 bits per heavy atom. The van der Waals surface area contributed by atoms with E-state index in [9.17, 15) is 0 Å². The van der Waals surface area contributed by atoms with Crippen LogP contribution in [0.25, 0.3) is 0 Å². The van der Waals surface area contributed by atoms with Crippen LogP contribution in [0, 0.1) is 101 Å². The summed E-state index contributed by atoms with van der Waals surface area (Å²) in [6.07, 6.45) is 54.1. The lowest BCUT2D eigenvalue weighted by Gasteiger charge is -2.66. The molecule has 0 saturated heterocycles. The minimum absolute atomic E-state index is 0.250. The van der Waals surface area contributed by atoms with E-state index in [-0.39, 0.29) is 10.8 Å². The van der Waals surface area contributed by atoms with Crippen LogP contribution in [0.15, 0.2) is 24.3 Å². The highest BCUT2D eigenvalue weighted by Gasteiger charge is 2.66. The lowest BCUT2D eigenvalue weighted by molar-refractivity contribution is -0.0334. The predicted molar refractivity (Wildman–Crippen MR) is 258 cm³/mol. The molecule has 0 amide bonds. The summed E-state index contributed by atoms with van der Waals surface area (Å²) in [5.74, 6) is 19.5. The zero-order valence-electron chi connectivity index (χ0n) is 40.1. The van der Waals surface area contributed by atoms with Crippen LogP contribution >= 0.6 is 0 Å². The molecule has 0 aliphatic heterocycles. The predicted octanol–water partition coefficient (Wildman–Crippen LogP) is 15.8. The molecule has 1 nitrogen and oxygen atoms in total. The summed E-state index contributed by atoms with van der Waals surface area (Å²) in [4.78, 5) is 0. The van der Waals surface area contributed by atoms with E-state index in [4.69, 9.17) is 11.2 Å². The Balaban J connectivity index is 1.07. The second-order valence-corrected chi connectivity index (χ2v) is 29.9. The summed E-state index contributed by atoms with van der Waals surface area (Å²) < 4.78 is 8.44. The molecule has 20 aliphatic carbocycles. The Morgan fingerprint density at radius 1 is 0.323 bits per heavy atom. The highest BCUT2D eigenvalue weighted by molar-refractivity contribution is 5.70. The SMILES string of the molecule is [C]#Cc1ccccc1Oc1c(C23CC4CC(CC(C4)C2)C3)c(C23CC4CC(CC(C4)C2)C3)c(C23CC4CC(CC(C4)C2)C3)c(C23CC4CC(CC(C4)C2)C3)c1C12CC3CC(CC(C3)C1)C2. The van der Waals surface area contributed by atoms with Gasteiger partial charge in [-0.1, -0.05) is 12.1 Å². The van der Waals surface area contributed by atoms with Crippen molar-refractivity contribution in [1.82, 2.24) is 0 Å². The van der Waals surface area contributed by atoms with E-state index in [0.717, 1.165) is 100 Å². The van der Waals surface area contributed by atoms with Crippen molar-refractivity contribution in [1.29, 1.82) is 0 Å². The number of hydrogen-bond acceptors (Lipinski definition) is 1. The van der Waals surface area contributed by atoms with Gasteiger partial charge >= 0.3 is 0 Å². The molecule has 0 aromatic heterocycles. The zero-order valence-corrected chi connectivity index (χ0v) is 40.1. The number of ether oxygens (including phenoxy) is 1. The van der Waals surface area contributed by atoms with Crippen LogP contribution in [0.2, 0.25) is 0 Å². The molecular formula is C64H79O. The van der Waals surface area contributed by atoms with Gasteiger partial charge in [-0.3, -0.25) is 0 Å². The Kier molecular flexibility index (Phi) is 7.70. The third-order valence-electron chi connectivity index (χ3n) is 25.5. The molecule has 20 saturated carbocycles. The maximum atomic E-state index is 8.81. The summed E-state index contributed by atoms with van der Waals surface area (Å²) in [7, 11) is 0. The van der Waals surface area contributed by atoms with Gasteiger partial charge in [-0.2, -0.15) is 0 Å². The Labute approximate surface area is 392 Å². The van der Waals surface area contributed by atoms with Crippen molar-refractivity contribution in [3.8, 4) is 17.4 Å². The minimum atomic E-state index is 0.250. The van der Waals surface area contributed by atoms with E-state index >= 15 is 0 Å². The minimum Gasteiger partial charge on any atom is -0.455 e. The topological polar surface area (TPSA) is 9.23 Å². The second-order valence-electron chi connectivity index (χ2n) is 29.9. The molecule has 0 spiro atoms. The fourth-order valence-electron chi connectivity index (χ4n) is 26.3. The molecular weight excluding hydrogens is 785 g/mol. The molecule has 22 rings (SSSR count). The first-order valence-corrected chi connectivity index (χ1v) is 29.2. The van der Waals surface area contributed by atoms with Gasteiger partial charge in [0.15, 0.2) is 0 Å². The second kappa shape index (κ2) is 13.0. The van der Waals surface area contributed by atoms with E-state index < -0.39 is 0 Å². The third-order valence-corrected chi connectivity index (χ3v) is 25.5. The summed E-state index contributed by atoms with van der Waals surface area (Å²) in [6.45, 7) is 0. The van der Waals surface area contributed by atoms with Crippen molar-refractivity contribution >= 4 is 0 Å². The van der Waals surface area contributed by atoms with E-state index in [0.29, 0.717) is 16.2 Å². The number of para-hydroxylation sites is 1. The molecule has 1 heteroatoms. The van der Waals surface area contributed by atoms with Crippen LogP contribution in [-0.4, -0.2) is 0 Å². The standard InChI is InChI=1S/C64H79O/c1-2-52-5-3-4-6-53(52)65-59-57(63-31-46-16-47(32-63)18-48(17-46)33-63)55(61-25-40-10-41(26-61)12-42(11-40)27-61)54(60-22-37-7-38(23-60)9-39(8-37)24-60)56(62-28-43-13-44(29-62)15-45(14-43)30-62)58(59)64-34-49-19-50(35-64)21-51(20-49)36-64/h3-6,37-51H,7-36H2. The molecule has 2 aromatic carbocycles. The largest absolute Gasteiger partial charge is 0.455 e. The third kappa shape index (κ3) is 5.32. The van der Waals surface area contributed by atoms with Gasteiger partial charge < -0.3 is 4.74 Å². The van der Waals surface area contributed by atoms with Crippen molar-refractivity contribution < 1.29 is 4.74 Å². The molecule has 20 fully saturated rings. The fourth-order valence-corrected chi connectivity index (χ4v) is 26.3. The van der Waals surface area contributed by atoms with Crippen molar-refractivity contribution in [3.63, 3.8) is 0 Å². The van der Waals surface area contributed by atoms with Crippen LogP contribution in [-0.2, 0) is 27.1 Å². The number of rotatable bonds is 7. The fraction of sp³-hybridized carbons (Fsp3) is 0.781. The Bertz CT molecular complexity index is 2120. The lowest BCUT2D eigenvalue weighted by atomic mass is 9.38. The van der Waals surface area contributed by atoms with E-state index in [1.54, 1.807) is 19.3 Å². The van der Waals surface area contributed by atoms with Gasteiger partial charge in [0.05, 0.1) is 5.56 Å². The van der Waals surface area contributed by atoms with E-state index in [2.05, 4.69) is 46.9 Å². The smallest absolute Gasteiger partial charge is 0.143 e. The quantitative estimate of drug-likeness (QED) is 0.252. The molecule has 1 radical (unpaired) electrons. The molecule has 0 heterocycles. The monoisotopic (exact) mass is 864 g/mol. The lowest BCUT2D eigenvalue weighted by Crippen LogP contribution is -2.58. The summed E-state index contributed by atoms with van der Waals surface area (Å²) in [5, 5.41) is 0. The molecule has 20 bridgehead atoms. The highest BCUT2D eigenvalue weighted by atomic mass is 16.5. The van der Waals surface area contributed by atoms with Gasteiger partial charge in [0.25, 0.3) is 0 Å². The average molecular weight is 864 g/mol. The number of hydrogen-bond donors (Lipinski definition) is 0. The van der Waals surface area contributed by atoms with Crippen molar-refractivity contribution in [2.45, 2.75) is 220 Å². The number of benzene rings is 2. The van der Waals surface area contributed by atoms with Crippen molar-refractivity contribution in [2.24, 2.45) is 88.8 Å². The normalized spacial score (nSPS) is 53.7. The maximum absolute atomic E-state index is 8.81. The van der Waals surface area contributed by atoms with E-state index in [1.165, 1.54) is 179 Å². The van der Waals surface area contributed by atoms with Crippen LogP contribution in [0.3, 0.4) is 0 Å². The van der Waals surface area contributed by atoms with Crippen molar-refractivity contribution in [2.75, 3.05) is 0 Å². The summed E-state index contributed by atoms with van der Waals surface area (Å²) >= 11 is 0. The first-order chi connectivity index (χ1) is 31.7. The summed E-state index contributed by atoms with van der Waals surface area (Å²) in [5.41, 5.74) is 12.7. The van der Waals surface area contributed by atoms with E-state index in [1.807, 2.05) is 11.1 Å². The molecule has 2 aromatic rings. The maximum Gasteiger partial charge on any atom is 0.143 e. The molecule has 20 aliphatic rings. The van der Waals surface area contributed by atoms with Gasteiger partial charge in [0, 0.05) is 22.0 Å². The van der Waals surface area contributed by atoms with Crippen LogP contribution in [0.4, 0.5) is 0 Å². The molecule has 65 heavy (non-hydrogen) atoms. The van der Waals surface area contributed by atoms with Gasteiger partial charge in [-0.05, 0) is 339 Å². The molecule has 0 atom stereocenters. The van der Waals surface area contributed by atoms with Crippen LogP contribution < -0.4 is 4.74 Å². The first kappa shape index (κ1) is 38.6. The molecule has 0 N–H and O–H groups in total. The van der Waals surface area contributed by atoms with Gasteiger partial charge in [-0.25, -0.2) is 0 Å². The molecule has 0 unspecified atom stereocenters. The van der Waals surface area contributed by atoms with Crippen LogP contribution in [0.5, 0.6) is 11.5 Å². The Hall–Kier alpha value is -2.20. The van der Waals surface area contributed by atoms with Gasteiger partial charge in [-0.15, -0.1) is 0 Å². The zero-order chi connectivity index (χ0) is 42.2.